The number of thioether (sulfide) groups is 1. The number of methoxy groups -OCH3 is 3. The highest BCUT2D eigenvalue weighted by atomic mass is 32.2. The largest absolute Gasteiger partial charge is 0.493 e. The number of carbonyl (C=O) groups excluding carboxylic acids is 3. The van der Waals surface area contributed by atoms with E-state index in [1.54, 1.807) is 67.6 Å². The molecule has 0 aromatic heterocycles. The van der Waals surface area contributed by atoms with E-state index in [-0.39, 0.29) is 23.9 Å². The number of ether oxygens (including phenoxy) is 3. The smallest absolute Gasteiger partial charge is 0.272 e. The van der Waals surface area contributed by atoms with Gasteiger partial charge >= 0.3 is 0 Å². The summed E-state index contributed by atoms with van der Waals surface area (Å²) in [4.78, 5) is 40.1. The van der Waals surface area contributed by atoms with Crippen LogP contribution in [0.5, 0.6) is 17.2 Å². The summed E-state index contributed by atoms with van der Waals surface area (Å²) in [6.07, 6.45) is 1.59. The molecule has 4 aromatic rings. The number of halogens is 4. The zero-order valence-corrected chi connectivity index (χ0v) is 27.5. The standard InChI is InChI=1S/C35H31F4N3O6S/c1-5-28(35(45)42-31-29(38)23(36)18-24(37)30(31)39)49-22-13-9-12-21(17-22)40-34(44)25(41-33(43)20-10-7-6-8-11-20)14-19-15-26(46-2)32(48-4)27(16-19)47-3/h6-18,28H,5H2,1-4H3,(H,40,44)(H,41,43)(H,42,45)/b25-14+. The van der Waals surface area contributed by atoms with E-state index in [0.29, 0.717) is 33.3 Å². The summed E-state index contributed by atoms with van der Waals surface area (Å²) in [6.45, 7) is 1.64. The van der Waals surface area contributed by atoms with Gasteiger partial charge in [0.1, 0.15) is 11.4 Å². The van der Waals surface area contributed by atoms with E-state index in [0.717, 1.165) is 11.8 Å². The van der Waals surface area contributed by atoms with Gasteiger partial charge in [0.2, 0.25) is 11.7 Å². The molecule has 0 aliphatic heterocycles. The Morgan fingerprint density at radius 3 is 2.00 bits per heavy atom. The number of carbonyl (C=O) groups is 3. The molecule has 49 heavy (non-hydrogen) atoms. The highest BCUT2D eigenvalue weighted by Crippen LogP contribution is 2.39. The minimum Gasteiger partial charge on any atom is -0.493 e. The minimum absolute atomic E-state index is 0.0462. The highest BCUT2D eigenvalue weighted by Gasteiger charge is 2.25. The Hall–Kier alpha value is -5.50. The molecule has 1 unspecified atom stereocenters. The molecule has 3 N–H and O–H groups in total. The van der Waals surface area contributed by atoms with Crippen molar-refractivity contribution in [3.63, 3.8) is 0 Å². The summed E-state index contributed by atoms with van der Waals surface area (Å²) >= 11 is 0.988. The van der Waals surface area contributed by atoms with E-state index in [4.69, 9.17) is 14.2 Å². The molecular formula is C35H31F4N3O6S. The molecule has 0 spiro atoms. The van der Waals surface area contributed by atoms with Crippen molar-refractivity contribution < 1.29 is 46.2 Å². The molecule has 1 atom stereocenters. The molecule has 4 rings (SSSR count). The molecule has 9 nitrogen and oxygen atoms in total. The van der Waals surface area contributed by atoms with Crippen LogP contribution in [0.2, 0.25) is 0 Å². The van der Waals surface area contributed by atoms with E-state index < -0.39 is 51.9 Å². The van der Waals surface area contributed by atoms with Crippen LogP contribution in [-0.4, -0.2) is 44.3 Å². The first-order valence-electron chi connectivity index (χ1n) is 14.6. The molecule has 256 valence electrons. The van der Waals surface area contributed by atoms with Crippen LogP contribution in [0.25, 0.3) is 6.08 Å². The number of nitrogens with one attached hydrogen (secondary N) is 3. The van der Waals surface area contributed by atoms with Crippen molar-refractivity contribution >= 4 is 46.9 Å². The van der Waals surface area contributed by atoms with Gasteiger partial charge in [-0.3, -0.25) is 14.4 Å². The van der Waals surface area contributed by atoms with Crippen molar-refractivity contribution in [2.24, 2.45) is 0 Å². The van der Waals surface area contributed by atoms with Gasteiger partial charge in [0.05, 0.1) is 26.6 Å². The fourth-order valence-electron chi connectivity index (χ4n) is 4.51. The summed E-state index contributed by atoms with van der Waals surface area (Å²) in [5.41, 5.74) is -0.363. The molecule has 0 saturated carbocycles. The molecular weight excluding hydrogens is 666 g/mol. The van der Waals surface area contributed by atoms with Crippen LogP contribution >= 0.6 is 11.8 Å². The molecule has 0 saturated heterocycles. The summed E-state index contributed by atoms with van der Waals surface area (Å²) in [7, 11) is 4.32. The van der Waals surface area contributed by atoms with Gasteiger partial charge in [0.25, 0.3) is 11.8 Å². The van der Waals surface area contributed by atoms with Crippen LogP contribution in [0.1, 0.15) is 29.3 Å². The normalized spacial score (nSPS) is 11.7. The fourth-order valence-corrected chi connectivity index (χ4v) is 5.53. The number of hydrogen-bond acceptors (Lipinski definition) is 7. The van der Waals surface area contributed by atoms with Crippen molar-refractivity contribution in [3.05, 3.63) is 113 Å². The second-order valence-corrected chi connectivity index (χ2v) is 11.4. The molecule has 0 heterocycles. The lowest BCUT2D eigenvalue weighted by Gasteiger charge is -2.17. The second kappa shape index (κ2) is 16.6. The lowest BCUT2D eigenvalue weighted by Crippen LogP contribution is -2.30. The lowest BCUT2D eigenvalue weighted by molar-refractivity contribution is -0.116. The van der Waals surface area contributed by atoms with Crippen LogP contribution in [0.15, 0.2) is 83.4 Å². The quantitative estimate of drug-likeness (QED) is 0.0587. The Bertz CT molecular complexity index is 1840. The number of amides is 3. The Morgan fingerprint density at radius 1 is 0.796 bits per heavy atom. The SMILES string of the molecule is CCC(Sc1cccc(NC(=O)/C(=C\c2cc(OC)c(OC)c(OC)c2)NC(=O)c2ccccc2)c1)C(=O)Nc1c(F)c(F)cc(F)c1F. The fraction of sp³-hybridized carbons (Fsp3) is 0.171. The van der Waals surface area contributed by atoms with Crippen LogP contribution in [0, 0.1) is 23.3 Å². The van der Waals surface area contributed by atoms with E-state index in [9.17, 15) is 31.9 Å². The lowest BCUT2D eigenvalue weighted by atomic mass is 10.1. The van der Waals surface area contributed by atoms with E-state index >= 15 is 0 Å². The first-order chi connectivity index (χ1) is 23.5. The molecule has 0 fully saturated rings. The van der Waals surface area contributed by atoms with Gasteiger partial charge in [0.15, 0.2) is 34.8 Å². The molecule has 4 aromatic carbocycles. The van der Waals surface area contributed by atoms with Crippen LogP contribution in [0.4, 0.5) is 28.9 Å². The van der Waals surface area contributed by atoms with Crippen molar-refractivity contribution in [3.8, 4) is 17.2 Å². The van der Waals surface area contributed by atoms with Crippen LogP contribution in [0.3, 0.4) is 0 Å². The maximum Gasteiger partial charge on any atom is 0.272 e. The average molecular weight is 698 g/mol. The predicted octanol–water partition coefficient (Wildman–Crippen LogP) is 7.19. The van der Waals surface area contributed by atoms with Gasteiger partial charge in [-0.05, 0) is 60.5 Å². The summed E-state index contributed by atoms with van der Waals surface area (Å²) < 4.78 is 71.9. The van der Waals surface area contributed by atoms with E-state index in [2.05, 4.69) is 10.6 Å². The number of rotatable bonds is 13. The number of benzene rings is 4. The number of anilines is 2. The zero-order chi connectivity index (χ0) is 35.7. The Morgan fingerprint density at radius 2 is 1.43 bits per heavy atom. The first-order valence-corrected chi connectivity index (χ1v) is 15.5. The summed E-state index contributed by atoms with van der Waals surface area (Å²) in [5.74, 6) is -7.97. The molecule has 0 bridgehead atoms. The predicted molar refractivity (Wildman–Crippen MR) is 178 cm³/mol. The Kier molecular flexibility index (Phi) is 12.3. The molecule has 0 aliphatic rings. The minimum atomic E-state index is -1.73. The van der Waals surface area contributed by atoms with Gasteiger partial charge < -0.3 is 30.2 Å². The third-order valence-corrected chi connectivity index (χ3v) is 8.28. The molecule has 0 aliphatic carbocycles. The van der Waals surface area contributed by atoms with Gasteiger partial charge in [-0.1, -0.05) is 31.2 Å². The van der Waals surface area contributed by atoms with Gasteiger partial charge in [-0.25, -0.2) is 17.6 Å². The second-order valence-electron chi connectivity index (χ2n) is 10.2. The molecule has 0 radical (unpaired) electrons. The maximum atomic E-state index is 14.2. The Labute approximate surface area is 283 Å². The highest BCUT2D eigenvalue weighted by molar-refractivity contribution is 8.00. The van der Waals surface area contributed by atoms with Crippen molar-refractivity contribution in [2.45, 2.75) is 23.5 Å². The average Bonchev–Trinajstić information content (AvgIpc) is 3.11. The van der Waals surface area contributed by atoms with Crippen LogP contribution < -0.4 is 30.2 Å². The van der Waals surface area contributed by atoms with E-state index in [1.165, 1.54) is 33.5 Å². The monoisotopic (exact) mass is 697 g/mol. The van der Waals surface area contributed by atoms with Crippen LogP contribution in [-0.2, 0) is 9.59 Å². The van der Waals surface area contributed by atoms with Crippen molar-refractivity contribution in [1.82, 2.24) is 5.32 Å². The third-order valence-electron chi connectivity index (χ3n) is 6.92. The topological polar surface area (TPSA) is 115 Å². The zero-order valence-electron chi connectivity index (χ0n) is 26.7. The Balaban J connectivity index is 1.60. The maximum absolute atomic E-state index is 14.2. The van der Waals surface area contributed by atoms with Gasteiger partial charge in [0, 0.05) is 22.2 Å². The van der Waals surface area contributed by atoms with Crippen molar-refractivity contribution in [1.29, 1.82) is 0 Å². The molecule has 14 heteroatoms. The summed E-state index contributed by atoms with van der Waals surface area (Å²) in [5, 5.41) is 6.35. The molecule has 3 amide bonds. The van der Waals surface area contributed by atoms with Gasteiger partial charge in [-0.2, -0.15) is 0 Å². The van der Waals surface area contributed by atoms with E-state index in [1.807, 2.05) is 5.32 Å². The third kappa shape index (κ3) is 8.90. The van der Waals surface area contributed by atoms with Crippen molar-refractivity contribution in [2.75, 3.05) is 32.0 Å². The first kappa shape index (κ1) is 36.3. The summed E-state index contributed by atoms with van der Waals surface area (Å²) in [6, 6.07) is 17.8. The number of hydrogen-bond donors (Lipinski definition) is 3. The van der Waals surface area contributed by atoms with Gasteiger partial charge in [-0.15, -0.1) is 11.8 Å².